The Morgan fingerprint density at radius 1 is 1.26 bits per heavy atom. The normalized spacial score (nSPS) is 13.5. The van der Waals surface area contributed by atoms with E-state index in [0.29, 0.717) is 15.7 Å². The highest BCUT2D eigenvalue weighted by Gasteiger charge is 2.30. The standard InChI is InChI=1S/C11H9F3N2OS2/c12-11(13,14)8-3-1-7(2-4-8)9(17)5-18-10-16-15-6-19-10/h1-4,6,9,17H,5H2. The van der Waals surface area contributed by atoms with Crippen LogP contribution in [-0.2, 0) is 6.18 Å². The summed E-state index contributed by atoms with van der Waals surface area (Å²) in [6.45, 7) is 0. The van der Waals surface area contributed by atoms with Crippen molar-refractivity contribution in [3.8, 4) is 0 Å². The maximum atomic E-state index is 12.4. The van der Waals surface area contributed by atoms with E-state index >= 15 is 0 Å². The Hall–Kier alpha value is -1.12. The van der Waals surface area contributed by atoms with Crippen LogP contribution in [0.3, 0.4) is 0 Å². The van der Waals surface area contributed by atoms with Gasteiger partial charge >= 0.3 is 6.18 Å². The highest BCUT2D eigenvalue weighted by Crippen LogP contribution is 2.31. The maximum Gasteiger partial charge on any atom is 0.416 e. The summed E-state index contributed by atoms with van der Waals surface area (Å²) >= 11 is 2.66. The number of halogens is 3. The minimum absolute atomic E-state index is 0.320. The summed E-state index contributed by atoms with van der Waals surface area (Å²) in [6, 6.07) is 4.50. The van der Waals surface area contributed by atoms with Crippen LogP contribution in [0.4, 0.5) is 13.2 Å². The van der Waals surface area contributed by atoms with E-state index in [9.17, 15) is 18.3 Å². The second-order valence-corrected chi connectivity index (χ2v) is 5.75. The zero-order valence-electron chi connectivity index (χ0n) is 9.46. The Morgan fingerprint density at radius 2 is 1.95 bits per heavy atom. The van der Waals surface area contributed by atoms with Gasteiger partial charge in [-0.1, -0.05) is 35.2 Å². The molecule has 1 heterocycles. The lowest BCUT2D eigenvalue weighted by atomic mass is 10.1. The predicted molar refractivity (Wildman–Crippen MR) is 67.0 cm³/mol. The first-order chi connectivity index (χ1) is 8.97. The molecule has 0 spiro atoms. The molecule has 0 radical (unpaired) electrons. The molecule has 1 N–H and O–H groups in total. The quantitative estimate of drug-likeness (QED) is 0.880. The average molecular weight is 306 g/mol. The molecule has 1 atom stereocenters. The fourth-order valence-electron chi connectivity index (χ4n) is 1.37. The molecule has 1 unspecified atom stereocenters. The van der Waals surface area contributed by atoms with Gasteiger partial charge in [0.2, 0.25) is 0 Å². The van der Waals surface area contributed by atoms with E-state index in [0.717, 1.165) is 12.1 Å². The lowest BCUT2D eigenvalue weighted by Crippen LogP contribution is -2.06. The third-order valence-corrected chi connectivity index (χ3v) is 4.26. The molecule has 0 aliphatic carbocycles. The SMILES string of the molecule is OC(CSc1nncs1)c1ccc(C(F)(F)F)cc1. The highest BCUT2D eigenvalue weighted by molar-refractivity contribution is 8.01. The summed E-state index contributed by atoms with van der Waals surface area (Å²) in [5.74, 6) is 0.320. The van der Waals surface area contributed by atoms with Gasteiger partial charge in [0.05, 0.1) is 11.7 Å². The third kappa shape index (κ3) is 3.92. The van der Waals surface area contributed by atoms with Gasteiger partial charge in [-0.15, -0.1) is 10.2 Å². The lowest BCUT2D eigenvalue weighted by molar-refractivity contribution is -0.137. The first-order valence-corrected chi connectivity index (χ1v) is 7.07. The summed E-state index contributed by atoms with van der Waals surface area (Å²) in [5.41, 5.74) is 1.30. The van der Waals surface area contributed by atoms with E-state index in [1.54, 1.807) is 5.51 Å². The molecule has 0 fully saturated rings. The Morgan fingerprint density at radius 3 is 2.47 bits per heavy atom. The predicted octanol–water partition coefficient (Wildman–Crippen LogP) is 3.38. The fraction of sp³-hybridized carbons (Fsp3) is 0.273. The summed E-state index contributed by atoms with van der Waals surface area (Å²) in [4.78, 5) is 0. The van der Waals surface area contributed by atoms with Gasteiger partial charge in [-0.05, 0) is 17.7 Å². The number of hydrogen-bond donors (Lipinski definition) is 1. The van der Waals surface area contributed by atoms with Gasteiger partial charge in [0.15, 0.2) is 4.34 Å². The second-order valence-electron chi connectivity index (χ2n) is 3.65. The number of rotatable bonds is 4. The number of thioether (sulfide) groups is 1. The summed E-state index contributed by atoms with van der Waals surface area (Å²) in [6.07, 6.45) is -5.19. The van der Waals surface area contributed by atoms with Crippen LogP contribution in [0.5, 0.6) is 0 Å². The van der Waals surface area contributed by atoms with E-state index < -0.39 is 17.8 Å². The number of hydrogen-bond acceptors (Lipinski definition) is 5. The fourth-order valence-corrected chi connectivity index (χ4v) is 2.85. The van der Waals surface area contributed by atoms with Crippen molar-refractivity contribution in [1.29, 1.82) is 0 Å². The lowest BCUT2D eigenvalue weighted by Gasteiger charge is -2.11. The molecule has 0 saturated heterocycles. The number of nitrogens with zero attached hydrogens (tertiary/aromatic N) is 2. The Labute approximate surface area is 115 Å². The summed E-state index contributed by atoms with van der Waals surface area (Å²) in [5, 5.41) is 17.3. The smallest absolute Gasteiger partial charge is 0.388 e. The van der Waals surface area contributed by atoms with Crippen LogP contribution in [0, 0.1) is 0 Å². The van der Waals surface area contributed by atoms with E-state index in [1.807, 2.05) is 0 Å². The molecule has 2 aromatic rings. The van der Waals surface area contributed by atoms with Crippen LogP contribution in [0.15, 0.2) is 34.1 Å². The molecular formula is C11H9F3N2OS2. The van der Waals surface area contributed by atoms with Crippen molar-refractivity contribution in [2.75, 3.05) is 5.75 Å². The minimum Gasteiger partial charge on any atom is -0.388 e. The maximum absolute atomic E-state index is 12.4. The third-order valence-electron chi connectivity index (χ3n) is 2.33. The Kier molecular flexibility index (Phi) is 4.43. The van der Waals surface area contributed by atoms with Crippen molar-refractivity contribution in [2.24, 2.45) is 0 Å². The van der Waals surface area contributed by atoms with E-state index in [2.05, 4.69) is 10.2 Å². The molecule has 1 aromatic heterocycles. The number of aromatic nitrogens is 2. The topological polar surface area (TPSA) is 46.0 Å². The van der Waals surface area contributed by atoms with Crippen molar-refractivity contribution < 1.29 is 18.3 Å². The number of aliphatic hydroxyl groups is 1. The summed E-state index contributed by atoms with van der Waals surface area (Å²) < 4.78 is 37.8. The minimum atomic E-state index is -4.36. The van der Waals surface area contributed by atoms with Crippen molar-refractivity contribution in [2.45, 2.75) is 16.6 Å². The number of benzene rings is 1. The molecule has 102 valence electrons. The second kappa shape index (κ2) is 5.89. The molecule has 1 aromatic carbocycles. The molecule has 3 nitrogen and oxygen atoms in total. The monoisotopic (exact) mass is 306 g/mol. The van der Waals surface area contributed by atoms with Crippen molar-refractivity contribution >= 4 is 23.1 Å². The van der Waals surface area contributed by atoms with Gasteiger partial charge in [-0.25, -0.2) is 0 Å². The van der Waals surface area contributed by atoms with Crippen LogP contribution in [-0.4, -0.2) is 21.1 Å². The molecule has 19 heavy (non-hydrogen) atoms. The largest absolute Gasteiger partial charge is 0.416 e. The molecule has 2 rings (SSSR count). The van der Waals surface area contributed by atoms with Crippen LogP contribution >= 0.6 is 23.1 Å². The van der Waals surface area contributed by atoms with Gasteiger partial charge in [0, 0.05) is 5.75 Å². The van der Waals surface area contributed by atoms with Crippen LogP contribution in [0.2, 0.25) is 0 Å². The van der Waals surface area contributed by atoms with Crippen molar-refractivity contribution in [3.63, 3.8) is 0 Å². The molecule has 0 saturated carbocycles. The number of alkyl halides is 3. The van der Waals surface area contributed by atoms with Gasteiger partial charge in [-0.3, -0.25) is 0 Å². The van der Waals surface area contributed by atoms with Crippen LogP contribution in [0.25, 0.3) is 0 Å². The van der Waals surface area contributed by atoms with Gasteiger partial charge in [-0.2, -0.15) is 13.2 Å². The van der Waals surface area contributed by atoms with Crippen LogP contribution in [0.1, 0.15) is 17.2 Å². The zero-order chi connectivity index (χ0) is 13.9. The van der Waals surface area contributed by atoms with Crippen molar-refractivity contribution in [3.05, 3.63) is 40.9 Å². The van der Waals surface area contributed by atoms with Gasteiger partial charge < -0.3 is 5.11 Å². The van der Waals surface area contributed by atoms with Crippen molar-refractivity contribution in [1.82, 2.24) is 10.2 Å². The molecule has 0 aliphatic heterocycles. The summed E-state index contributed by atoms with van der Waals surface area (Å²) in [7, 11) is 0. The first-order valence-electron chi connectivity index (χ1n) is 5.21. The van der Waals surface area contributed by atoms with E-state index in [-0.39, 0.29) is 0 Å². The van der Waals surface area contributed by atoms with Gasteiger partial charge in [0.1, 0.15) is 5.51 Å². The van der Waals surface area contributed by atoms with Crippen LogP contribution < -0.4 is 0 Å². The van der Waals surface area contributed by atoms with E-state index in [1.165, 1.54) is 35.2 Å². The Bertz CT molecular complexity index is 514. The molecular weight excluding hydrogens is 297 g/mol. The molecule has 0 amide bonds. The van der Waals surface area contributed by atoms with Gasteiger partial charge in [0.25, 0.3) is 0 Å². The zero-order valence-corrected chi connectivity index (χ0v) is 11.1. The Balaban J connectivity index is 1.97. The first kappa shape index (κ1) is 14.3. The average Bonchev–Trinajstić information content (AvgIpc) is 2.88. The highest BCUT2D eigenvalue weighted by atomic mass is 32.2. The molecule has 0 bridgehead atoms. The number of aliphatic hydroxyl groups excluding tert-OH is 1. The molecule has 0 aliphatic rings. The van der Waals surface area contributed by atoms with E-state index in [4.69, 9.17) is 0 Å². The molecule has 8 heteroatoms.